The van der Waals surface area contributed by atoms with Gasteiger partial charge in [-0.25, -0.2) is 4.98 Å². The van der Waals surface area contributed by atoms with Crippen LogP contribution >= 0.6 is 0 Å². The molecule has 0 atom stereocenters. The first-order chi connectivity index (χ1) is 11.9. The van der Waals surface area contributed by atoms with Crippen molar-refractivity contribution >= 4 is 17.7 Å². The fourth-order valence-electron chi connectivity index (χ4n) is 2.52. The Kier molecular flexibility index (Phi) is 4.35. The van der Waals surface area contributed by atoms with Gasteiger partial charge in [-0.05, 0) is 37.1 Å². The molecule has 6 heteroatoms. The number of allylic oxidation sites excluding steroid dienone is 1. The van der Waals surface area contributed by atoms with Gasteiger partial charge in [-0.2, -0.15) is 0 Å². The van der Waals surface area contributed by atoms with Crippen LogP contribution < -0.4 is 21.8 Å². The third-order valence-electron chi connectivity index (χ3n) is 3.72. The first-order valence-corrected chi connectivity index (χ1v) is 7.76. The highest BCUT2D eigenvalue weighted by Gasteiger charge is 2.04. The highest BCUT2D eigenvalue weighted by Crippen LogP contribution is 2.12. The van der Waals surface area contributed by atoms with E-state index in [2.05, 4.69) is 26.5 Å². The number of H-pyrrole nitrogens is 3. The largest absolute Gasteiger partial charge is 0.344 e. The van der Waals surface area contributed by atoms with Gasteiger partial charge in [0.15, 0.2) is 0 Å². The average molecular weight is 334 g/mol. The molecule has 0 saturated carbocycles. The summed E-state index contributed by atoms with van der Waals surface area (Å²) in [6.45, 7) is 7.65. The van der Waals surface area contributed by atoms with Gasteiger partial charge in [-0.15, -0.1) is 0 Å². The molecule has 0 aliphatic rings. The van der Waals surface area contributed by atoms with Crippen LogP contribution in [0.5, 0.6) is 0 Å². The zero-order valence-corrected chi connectivity index (χ0v) is 14.0. The number of rotatable bonds is 3. The summed E-state index contributed by atoms with van der Waals surface area (Å²) in [6, 6.07) is 7.66. The molecule has 0 bridgehead atoms. The lowest BCUT2D eigenvalue weighted by molar-refractivity contribution is 1.00. The topological polar surface area (TPSA) is 94.4 Å². The lowest BCUT2D eigenvalue weighted by atomic mass is 10.1. The van der Waals surface area contributed by atoms with Crippen LogP contribution in [0, 0.1) is 6.92 Å². The van der Waals surface area contributed by atoms with Crippen LogP contribution in [0.1, 0.15) is 29.4 Å². The van der Waals surface area contributed by atoms with E-state index in [9.17, 15) is 9.59 Å². The predicted molar refractivity (Wildman–Crippen MR) is 98.5 cm³/mol. The van der Waals surface area contributed by atoms with Gasteiger partial charge in [0, 0.05) is 0 Å². The van der Waals surface area contributed by atoms with E-state index in [0.29, 0.717) is 5.69 Å². The van der Waals surface area contributed by atoms with Gasteiger partial charge in [0.2, 0.25) is 0 Å². The second-order valence-corrected chi connectivity index (χ2v) is 5.88. The Morgan fingerprint density at radius 3 is 2.44 bits per heavy atom. The lowest BCUT2D eigenvalue weighted by Crippen LogP contribution is -2.46. The first kappa shape index (κ1) is 16.4. The van der Waals surface area contributed by atoms with E-state index < -0.39 is 5.56 Å². The van der Waals surface area contributed by atoms with Gasteiger partial charge in [0.05, 0.1) is 17.7 Å². The highest BCUT2D eigenvalue weighted by molar-refractivity contribution is 5.66. The van der Waals surface area contributed by atoms with Gasteiger partial charge >= 0.3 is 0 Å². The molecule has 1 aromatic carbocycles. The molecule has 3 N–H and O–H groups in total. The van der Waals surface area contributed by atoms with Crippen molar-refractivity contribution in [3.63, 3.8) is 0 Å². The molecule has 126 valence electrons. The summed E-state index contributed by atoms with van der Waals surface area (Å²) < 4.78 is 0. The van der Waals surface area contributed by atoms with Gasteiger partial charge in [-0.1, -0.05) is 36.4 Å². The van der Waals surface area contributed by atoms with E-state index in [1.165, 1.54) is 12.4 Å². The van der Waals surface area contributed by atoms with Crippen molar-refractivity contribution in [2.24, 2.45) is 0 Å². The van der Waals surface area contributed by atoms with Crippen molar-refractivity contribution in [2.45, 2.75) is 13.8 Å². The van der Waals surface area contributed by atoms with E-state index >= 15 is 0 Å². The molecule has 0 aliphatic heterocycles. The highest BCUT2D eigenvalue weighted by atomic mass is 16.1. The molecule has 0 aliphatic carbocycles. The molecule has 0 radical (unpaired) electrons. The maximum absolute atomic E-state index is 12.3. The molecule has 2 aromatic heterocycles. The molecule has 0 unspecified atom stereocenters. The summed E-state index contributed by atoms with van der Waals surface area (Å²) in [5.74, 6) is 0. The molecular formula is C19H18N4O2. The summed E-state index contributed by atoms with van der Waals surface area (Å²) >= 11 is 0. The quantitative estimate of drug-likeness (QED) is 0.661. The normalized spacial score (nSPS) is 12.6. The number of aryl methyl sites for hydroxylation is 1. The molecule has 25 heavy (non-hydrogen) atoms. The van der Waals surface area contributed by atoms with Crippen molar-refractivity contribution in [3.8, 4) is 0 Å². The van der Waals surface area contributed by atoms with Crippen LogP contribution in [-0.2, 0) is 0 Å². The first-order valence-electron chi connectivity index (χ1n) is 7.76. The van der Waals surface area contributed by atoms with Crippen LogP contribution in [0.3, 0.4) is 0 Å². The molecule has 0 fully saturated rings. The number of imidazole rings is 1. The standard InChI is InChI=1S/C19H18N4O2/c1-11(2)17-14(20-10-21-17)9-16-19(25)22-15(18(24)23-16)8-13-6-4-5-12(3)7-13/h4-10H,1H2,2-3H3,(H,20,21)(H,22,25)(H,23,24)/b15-8-,16-9-. The maximum atomic E-state index is 12.3. The molecule has 6 nitrogen and oxygen atoms in total. The van der Waals surface area contributed by atoms with Gasteiger partial charge < -0.3 is 15.0 Å². The Bertz CT molecular complexity index is 1180. The van der Waals surface area contributed by atoms with Crippen LogP contribution in [0.15, 0.2) is 46.8 Å². The van der Waals surface area contributed by atoms with Crippen LogP contribution in [0.4, 0.5) is 0 Å². The van der Waals surface area contributed by atoms with Crippen molar-refractivity contribution in [3.05, 3.63) is 91.1 Å². The SMILES string of the molecule is C=C(C)c1[nH]cnc1/C=c1\[nH]c(=O)/c(=C/c2cccc(C)c2)[nH]c1=O. The zero-order chi connectivity index (χ0) is 18.0. The molecule has 0 amide bonds. The number of nitrogens with zero attached hydrogens (tertiary/aromatic N) is 1. The van der Waals surface area contributed by atoms with Crippen molar-refractivity contribution < 1.29 is 0 Å². The fraction of sp³-hybridized carbons (Fsp3) is 0.105. The third-order valence-corrected chi connectivity index (χ3v) is 3.72. The fourth-order valence-corrected chi connectivity index (χ4v) is 2.52. The van der Waals surface area contributed by atoms with Gasteiger partial charge in [-0.3, -0.25) is 9.59 Å². The lowest BCUT2D eigenvalue weighted by Gasteiger charge is -1.97. The molecule has 0 spiro atoms. The van der Waals surface area contributed by atoms with Crippen molar-refractivity contribution in [2.75, 3.05) is 0 Å². The minimum atomic E-state index is -0.394. The number of hydrogen-bond donors (Lipinski definition) is 3. The minimum absolute atomic E-state index is 0.140. The van der Waals surface area contributed by atoms with E-state index in [0.717, 1.165) is 22.4 Å². The minimum Gasteiger partial charge on any atom is -0.344 e. The maximum Gasteiger partial charge on any atom is 0.272 e. The Hall–Kier alpha value is -3.41. The number of aromatic nitrogens is 4. The van der Waals surface area contributed by atoms with E-state index in [1.807, 2.05) is 38.1 Å². The van der Waals surface area contributed by atoms with Gasteiger partial charge in [0.25, 0.3) is 11.1 Å². The van der Waals surface area contributed by atoms with Crippen LogP contribution in [-0.4, -0.2) is 19.9 Å². The summed E-state index contributed by atoms with van der Waals surface area (Å²) in [5, 5.41) is 0.343. The van der Waals surface area contributed by atoms with E-state index in [1.54, 1.807) is 6.08 Å². The van der Waals surface area contributed by atoms with Crippen LogP contribution in [0.2, 0.25) is 0 Å². The third kappa shape index (κ3) is 3.58. The van der Waals surface area contributed by atoms with Crippen LogP contribution in [0.25, 0.3) is 17.7 Å². The molecule has 2 heterocycles. The second kappa shape index (κ2) is 6.60. The van der Waals surface area contributed by atoms with E-state index in [4.69, 9.17) is 0 Å². The number of aromatic amines is 3. The van der Waals surface area contributed by atoms with Crippen molar-refractivity contribution in [1.29, 1.82) is 0 Å². The van der Waals surface area contributed by atoms with E-state index in [-0.39, 0.29) is 16.3 Å². The zero-order valence-electron chi connectivity index (χ0n) is 14.0. The molecule has 3 aromatic rings. The average Bonchev–Trinajstić information content (AvgIpc) is 3.01. The number of benzene rings is 1. The smallest absolute Gasteiger partial charge is 0.272 e. The molecular weight excluding hydrogens is 316 g/mol. The predicted octanol–water partition coefficient (Wildman–Crippen LogP) is 0.785. The number of nitrogens with one attached hydrogen (secondary N) is 3. The van der Waals surface area contributed by atoms with Gasteiger partial charge in [0.1, 0.15) is 10.7 Å². The second-order valence-electron chi connectivity index (χ2n) is 5.88. The molecule has 3 rings (SSSR count). The summed E-state index contributed by atoms with van der Waals surface area (Å²) in [5.41, 5.74) is 3.19. The Morgan fingerprint density at radius 1 is 1.12 bits per heavy atom. The molecule has 0 saturated heterocycles. The number of hydrogen-bond acceptors (Lipinski definition) is 3. The Labute approximate surface area is 143 Å². The summed E-state index contributed by atoms with van der Waals surface area (Å²) in [6.07, 6.45) is 4.68. The summed E-state index contributed by atoms with van der Waals surface area (Å²) in [7, 11) is 0. The van der Waals surface area contributed by atoms with Crippen molar-refractivity contribution in [1.82, 2.24) is 19.9 Å². The monoisotopic (exact) mass is 334 g/mol. The summed E-state index contributed by atoms with van der Waals surface area (Å²) in [4.78, 5) is 37.0. The Morgan fingerprint density at radius 2 is 1.80 bits per heavy atom. The Balaban J connectivity index is 2.15.